The molecule has 1 aromatic carbocycles. The summed E-state index contributed by atoms with van der Waals surface area (Å²) in [5.41, 5.74) is 1.84. The third-order valence-electron chi connectivity index (χ3n) is 3.57. The summed E-state index contributed by atoms with van der Waals surface area (Å²) in [7, 11) is 1.91. The number of benzene rings is 1. The lowest BCUT2D eigenvalue weighted by molar-refractivity contribution is 0.584. The van der Waals surface area contributed by atoms with Crippen LogP contribution in [0.1, 0.15) is 25.5 Å². The summed E-state index contributed by atoms with van der Waals surface area (Å²) in [6, 6.07) is 5.94. The van der Waals surface area contributed by atoms with E-state index in [9.17, 15) is 4.39 Å². The minimum atomic E-state index is -0.103. The maximum absolute atomic E-state index is 14.2. The molecule has 1 aromatic rings. The Bertz CT molecular complexity index is 411. The first-order chi connectivity index (χ1) is 8.65. The summed E-state index contributed by atoms with van der Waals surface area (Å²) >= 11 is 1.95. The monoisotopic (exact) mass is 268 g/mol. The summed E-state index contributed by atoms with van der Waals surface area (Å²) in [6.07, 6.45) is 0. The van der Waals surface area contributed by atoms with Gasteiger partial charge in [0, 0.05) is 30.1 Å². The summed E-state index contributed by atoms with van der Waals surface area (Å²) in [5.74, 6) is 2.04. The molecule has 0 spiro atoms. The molecule has 0 saturated carbocycles. The van der Waals surface area contributed by atoms with Crippen LogP contribution in [0.5, 0.6) is 0 Å². The Labute approximate surface area is 113 Å². The second-order valence-electron chi connectivity index (χ2n) is 4.81. The van der Waals surface area contributed by atoms with Crippen LogP contribution in [0, 0.1) is 5.82 Å². The zero-order valence-electron chi connectivity index (χ0n) is 11.2. The summed E-state index contributed by atoms with van der Waals surface area (Å²) in [5, 5.41) is 3.20. The molecule has 2 rings (SSSR count). The largest absolute Gasteiger partial charge is 0.365 e. The molecule has 0 radical (unpaired) electrons. The number of hydrogen-bond acceptors (Lipinski definition) is 3. The summed E-state index contributed by atoms with van der Waals surface area (Å²) in [4.78, 5) is 2.22. The molecule has 1 saturated heterocycles. The van der Waals surface area contributed by atoms with E-state index >= 15 is 0 Å². The third kappa shape index (κ3) is 2.64. The van der Waals surface area contributed by atoms with Gasteiger partial charge in [-0.1, -0.05) is 12.1 Å². The van der Waals surface area contributed by atoms with Gasteiger partial charge in [-0.15, -0.1) is 0 Å². The average Bonchev–Trinajstić information content (AvgIpc) is 2.39. The fourth-order valence-corrected chi connectivity index (χ4v) is 3.41. The van der Waals surface area contributed by atoms with Gasteiger partial charge in [0.1, 0.15) is 5.82 Å². The van der Waals surface area contributed by atoms with Crippen molar-refractivity contribution in [1.29, 1.82) is 0 Å². The summed E-state index contributed by atoms with van der Waals surface area (Å²) < 4.78 is 14.2. The van der Waals surface area contributed by atoms with E-state index in [-0.39, 0.29) is 11.9 Å². The van der Waals surface area contributed by atoms with Crippen molar-refractivity contribution in [3.63, 3.8) is 0 Å². The second kappa shape index (κ2) is 5.93. The van der Waals surface area contributed by atoms with Gasteiger partial charge >= 0.3 is 0 Å². The molecular weight excluding hydrogens is 247 g/mol. The highest BCUT2D eigenvalue weighted by molar-refractivity contribution is 7.99. The quantitative estimate of drug-likeness (QED) is 0.907. The van der Waals surface area contributed by atoms with E-state index in [1.165, 1.54) is 0 Å². The van der Waals surface area contributed by atoms with Crippen LogP contribution in [0.15, 0.2) is 18.2 Å². The molecule has 4 heteroatoms. The molecule has 0 bridgehead atoms. The van der Waals surface area contributed by atoms with Crippen LogP contribution >= 0.6 is 11.8 Å². The molecular formula is C14H21FN2S. The lowest BCUT2D eigenvalue weighted by Crippen LogP contribution is -2.41. The van der Waals surface area contributed by atoms with E-state index in [0.717, 1.165) is 29.3 Å². The Morgan fingerprint density at radius 1 is 1.50 bits per heavy atom. The highest BCUT2D eigenvalue weighted by Gasteiger charge is 2.25. The molecule has 18 heavy (non-hydrogen) atoms. The molecule has 1 N–H and O–H groups in total. The topological polar surface area (TPSA) is 15.3 Å². The van der Waals surface area contributed by atoms with Crippen molar-refractivity contribution < 1.29 is 4.39 Å². The van der Waals surface area contributed by atoms with E-state index in [0.29, 0.717) is 6.04 Å². The number of para-hydroxylation sites is 1. The zero-order valence-corrected chi connectivity index (χ0v) is 12.1. The molecule has 1 aliphatic rings. The van der Waals surface area contributed by atoms with Crippen LogP contribution in [0.3, 0.4) is 0 Å². The second-order valence-corrected chi connectivity index (χ2v) is 5.96. The predicted octanol–water partition coefficient (Wildman–Crippen LogP) is 3.05. The lowest BCUT2D eigenvalue weighted by Gasteiger charge is -2.37. The third-order valence-corrected chi connectivity index (χ3v) is 4.76. The molecule has 0 aromatic heterocycles. The van der Waals surface area contributed by atoms with Gasteiger partial charge in [-0.3, -0.25) is 0 Å². The minimum absolute atomic E-state index is 0.103. The number of nitrogens with one attached hydrogen (secondary N) is 1. The number of halogens is 1. The molecule has 1 fully saturated rings. The van der Waals surface area contributed by atoms with Crippen LogP contribution in [-0.2, 0) is 0 Å². The molecule has 1 heterocycles. The molecule has 100 valence electrons. The fourth-order valence-electron chi connectivity index (χ4n) is 2.40. The van der Waals surface area contributed by atoms with Crippen molar-refractivity contribution in [3.05, 3.63) is 29.6 Å². The predicted molar refractivity (Wildman–Crippen MR) is 78.0 cm³/mol. The van der Waals surface area contributed by atoms with Crippen molar-refractivity contribution in [1.82, 2.24) is 5.32 Å². The highest BCUT2D eigenvalue weighted by atomic mass is 32.2. The van der Waals surface area contributed by atoms with Gasteiger partial charge in [-0.25, -0.2) is 4.39 Å². The summed E-state index contributed by atoms with van der Waals surface area (Å²) in [6.45, 7) is 5.17. The van der Waals surface area contributed by atoms with Crippen molar-refractivity contribution >= 4 is 17.4 Å². The van der Waals surface area contributed by atoms with Crippen LogP contribution in [0.25, 0.3) is 0 Å². The minimum Gasteiger partial charge on any atom is -0.365 e. The maximum atomic E-state index is 14.2. The smallest absolute Gasteiger partial charge is 0.146 e. The van der Waals surface area contributed by atoms with E-state index in [4.69, 9.17) is 0 Å². The van der Waals surface area contributed by atoms with Gasteiger partial charge in [0.05, 0.1) is 5.69 Å². The zero-order chi connectivity index (χ0) is 13.1. The average molecular weight is 268 g/mol. The van der Waals surface area contributed by atoms with Crippen LogP contribution in [-0.4, -0.2) is 31.1 Å². The number of rotatable bonds is 3. The standard InChI is InChI=1S/C14H21FN2S/c1-10-9-18-8-7-17(10)14-12(11(2)16-3)5-4-6-13(14)15/h4-6,10-11,16H,7-9H2,1-3H3. The van der Waals surface area contributed by atoms with Crippen molar-refractivity contribution in [2.45, 2.75) is 25.9 Å². The normalized spacial score (nSPS) is 22.0. The Morgan fingerprint density at radius 3 is 2.94 bits per heavy atom. The first kappa shape index (κ1) is 13.7. The first-order valence-electron chi connectivity index (χ1n) is 6.45. The number of thioether (sulfide) groups is 1. The van der Waals surface area contributed by atoms with Gasteiger partial charge in [0.2, 0.25) is 0 Å². The maximum Gasteiger partial charge on any atom is 0.146 e. The SMILES string of the molecule is CNC(C)c1cccc(F)c1N1CCSCC1C. The van der Waals surface area contributed by atoms with Crippen molar-refractivity contribution in [2.75, 3.05) is 30.0 Å². The van der Waals surface area contributed by atoms with Crippen molar-refractivity contribution in [3.8, 4) is 0 Å². The Morgan fingerprint density at radius 2 is 2.28 bits per heavy atom. The molecule has 0 amide bonds. The Kier molecular flexibility index (Phi) is 4.51. The number of anilines is 1. The van der Waals surface area contributed by atoms with Gasteiger partial charge < -0.3 is 10.2 Å². The van der Waals surface area contributed by atoms with E-state index < -0.39 is 0 Å². The van der Waals surface area contributed by atoms with Gasteiger partial charge in [-0.2, -0.15) is 11.8 Å². The number of nitrogens with zero attached hydrogens (tertiary/aromatic N) is 1. The van der Waals surface area contributed by atoms with E-state index in [1.807, 2.05) is 24.9 Å². The van der Waals surface area contributed by atoms with Crippen LogP contribution < -0.4 is 10.2 Å². The van der Waals surface area contributed by atoms with Crippen molar-refractivity contribution in [2.24, 2.45) is 0 Å². The van der Waals surface area contributed by atoms with Gasteiger partial charge in [0.15, 0.2) is 0 Å². The van der Waals surface area contributed by atoms with E-state index in [1.54, 1.807) is 12.1 Å². The Balaban J connectivity index is 2.41. The van der Waals surface area contributed by atoms with Crippen LogP contribution in [0.2, 0.25) is 0 Å². The van der Waals surface area contributed by atoms with Crippen LogP contribution in [0.4, 0.5) is 10.1 Å². The number of hydrogen-bond donors (Lipinski definition) is 1. The lowest BCUT2D eigenvalue weighted by atomic mass is 10.0. The highest BCUT2D eigenvalue weighted by Crippen LogP contribution is 2.33. The van der Waals surface area contributed by atoms with E-state index in [2.05, 4.69) is 24.1 Å². The molecule has 2 atom stereocenters. The molecule has 1 aliphatic heterocycles. The molecule has 0 aliphatic carbocycles. The molecule has 2 unspecified atom stereocenters. The Hall–Kier alpha value is -0.740. The van der Waals surface area contributed by atoms with Gasteiger partial charge in [0.25, 0.3) is 0 Å². The fraction of sp³-hybridized carbons (Fsp3) is 0.571. The first-order valence-corrected chi connectivity index (χ1v) is 7.60. The van der Waals surface area contributed by atoms with Gasteiger partial charge in [-0.05, 0) is 32.5 Å². The molecule has 2 nitrogen and oxygen atoms in total.